The van der Waals surface area contributed by atoms with Crippen LogP contribution in [0.15, 0.2) is 27.8 Å². The maximum absolute atomic E-state index is 12.3. The van der Waals surface area contributed by atoms with Gasteiger partial charge in [0.2, 0.25) is 0 Å². The molecule has 2 aliphatic heterocycles. The van der Waals surface area contributed by atoms with Crippen molar-refractivity contribution < 1.29 is 13.9 Å². The minimum atomic E-state index is -0.472. The van der Waals surface area contributed by atoms with E-state index in [-0.39, 0.29) is 18.2 Å². The average molecular weight is 377 g/mol. The molecule has 3 heterocycles. The first-order chi connectivity index (χ1) is 12.7. The molecule has 27 heavy (non-hydrogen) atoms. The number of carbonyl (C=O) groups excluding carboxylic acids is 1. The summed E-state index contributed by atoms with van der Waals surface area (Å²) >= 11 is 0. The van der Waals surface area contributed by atoms with Gasteiger partial charge in [0.05, 0.1) is 24.9 Å². The first-order valence-electron chi connectivity index (χ1n) is 9.47. The molecule has 8 nitrogen and oxygen atoms in total. The number of likely N-dealkylation sites (N-methyl/N-ethyl adjacent to an activating group) is 1. The fraction of sp³-hybridized carbons (Fsp3) is 0.684. The third-order valence-electron chi connectivity index (χ3n) is 4.81. The summed E-state index contributed by atoms with van der Waals surface area (Å²) in [5, 5.41) is 3.47. The van der Waals surface area contributed by atoms with E-state index in [2.05, 4.69) is 20.1 Å². The lowest BCUT2D eigenvalue weighted by Gasteiger charge is -2.39. The number of fused-ring (bicyclic) bond motifs is 1. The summed E-state index contributed by atoms with van der Waals surface area (Å²) in [6.45, 7) is 9.10. The van der Waals surface area contributed by atoms with Gasteiger partial charge in [0.25, 0.3) is 0 Å². The second-order valence-electron chi connectivity index (χ2n) is 8.31. The molecule has 2 aliphatic rings. The summed E-state index contributed by atoms with van der Waals surface area (Å²) in [4.78, 5) is 23.2. The van der Waals surface area contributed by atoms with Gasteiger partial charge in [-0.15, -0.1) is 0 Å². The van der Waals surface area contributed by atoms with E-state index in [1.807, 2.05) is 47.0 Å². The third-order valence-corrected chi connectivity index (χ3v) is 4.81. The lowest BCUT2D eigenvalue weighted by atomic mass is 10.2. The zero-order valence-corrected chi connectivity index (χ0v) is 16.9. The van der Waals surface area contributed by atoms with Crippen molar-refractivity contribution >= 4 is 12.1 Å². The molecular weight excluding hydrogens is 346 g/mol. The Bertz CT molecular complexity index is 665. The van der Waals surface area contributed by atoms with Crippen LogP contribution in [0.4, 0.5) is 4.79 Å². The number of guanidine groups is 1. The Labute approximate surface area is 161 Å². The number of nitrogens with zero attached hydrogens (tertiary/aromatic N) is 4. The second-order valence-corrected chi connectivity index (χ2v) is 8.31. The molecule has 1 N–H and O–H groups in total. The smallest absolute Gasteiger partial charge is 0.410 e. The normalized spacial score (nSPS) is 21.1. The molecule has 0 radical (unpaired) electrons. The van der Waals surface area contributed by atoms with Gasteiger partial charge in [0, 0.05) is 26.2 Å². The van der Waals surface area contributed by atoms with Crippen LogP contribution in [0.5, 0.6) is 0 Å². The SMILES string of the molecule is CN(C)C(CNC1=NCC2CN(C(=O)OC(C)(C)C)CCN12)c1ccco1. The van der Waals surface area contributed by atoms with Crippen LogP contribution >= 0.6 is 0 Å². The maximum atomic E-state index is 12.3. The Morgan fingerprint density at radius 2 is 2.22 bits per heavy atom. The van der Waals surface area contributed by atoms with Crippen LogP contribution in [0.25, 0.3) is 0 Å². The largest absolute Gasteiger partial charge is 0.468 e. The zero-order chi connectivity index (χ0) is 19.6. The number of aliphatic imine (C=N–C) groups is 1. The number of carbonyl (C=O) groups is 1. The van der Waals surface area contributed by atoms with Crippen LogP contribution < -0.4 is 5.32 Å². The van der Waals surface area contributed by atoms with E-state index in [1.165, 1.54) is 0 Å². The molecule has 0 saturated carbocycles. The molecule has 1 fully saturated rings. The average Bonchev–Trinajstić information content (AvgIpc) is 3.23. The molecular formula is C19H31N5O3. The van der Waals surface area contributed by atoms with Crippen molar-refractivity contribution in [2.24, 2.45) is 4.99 Å². The van der Waals surface area contributed by atoms with Crippen LogP contribution in [-0.4, -0.2) is 85.2 Å². The van der Waals surface area contributed by atoms with Gasteiger partial charge in [-0.05, 0) is 47.0 Å². The molecule has 1 aromatic heterocycles. The van der Waals surface area contributed by atoms with Gasteiger partial charge in [-0.1, -0.05) is 0 Å². The van der Waals surface area contributed by atoms with E-state index in [1.54, 1.807) is 11.2 Å². The molecule has 1 aromatic rings. The van der Waals surface area contributed by atoms with Crippen molar-refractivity contribution in [1.29, 1.82) is 0 Å². The molecule has 0 spiro atoms. The predicted molar refractivity (Wildman–Crippen MR) is 104 cm³/mol. The van der Waals surface area contributed by atoms with E-state index in [0.717, 1.165) is 18.3 Å². The summed E-state index contributed by atoms with van der Waals surface area (Å²) in [5.41, 5.74) is -0.472. The molecule has 3 rings (SSSR count). The van der Waals surface area contributed by atoms with Crippen LogP contribution in [0.1, 0.15) is 32.6 Å². The Hall–Kier alpha value is -2.22. The minimum Gasteiger partial charge on any atom is -0.468 e. The van der Waals surface area contributed by atoms with Gasteiger partial charge >= 0.3 is 6.09 Å². The zero-order valence-electron chi connectivity index (χ0n) is 16.9. The van der Waals surface area contributed by atoms with Gasteiger partial charge in [-0.3, -0.25) is 9.89 Å². The van der Waals surface area contributed by atoms with Crippen LogP contribution in [0.3, 0.4) is 0 Å². The van der Waals surface area contributed by atoms with Gasteiger partial charge in [-0.2, -0.15) is 0 Å². The first kappa shape index (κ1) is 19.5. The predicted octanol–water partition coefficient (Wildman–Crippen LogP) is 1.76. The highest BCUT2D eigenvalue weighted by Crippen LogP contribution is 2.21. The molecule has 0 aliphatic carbocycles. The molecule has 2 atom stereocenters. The number of amides is 1. The topological polar surface area (TPSA) is 73.6 Å². The van der Waals surface area contributed by atoms with Crippen molar-refractivity contribution in [1.82, 2.24) is 20.0 Å². The number of hydrogen-bond donors (Lipinski definition) is 1. The Morgan fingerprint density at radius 1 is 1.44 bits per heavy atom. The van der Waals surface area contributed by atoms with E-state index in [4.69, 9.17) is 9.15 Å². The second kappa shape index (κ2) is 7.80. The summed E-state index contributed by atoms with van der Waals surface area (Å²) in [6.07, 6.45) is 1.46. The van der Waals surface area contributed by atoms with E-state index in [9.17, 15) is 4.79 Å². The molecule has 8 heteroatoms. The highest BCUT2D eigenvalue weighted by atomic mass is 16.6. The van der Waals surface area contributed by atoms with Crippen LogP contribution in [0.2, 0.25) is 0 Å². The lowest BCUT2D eigenvalue weighted by molar-refractivity contribution is 0.0137. The number of piperazine rings is 1. The number of ether oxygens (including phenoxy) is 1. The van der Waals surface area contributed by atoms with Gasteiger partial charge < -0.3 is 24.3 Å². The minimum absolute atomic E-state index is 0.129. The summed E-state index contributed by atoms with van der Waals surface area (Å²) in [7, 11) is 4.07. The molecule has 0 bridgehead atoms. The molecule has 1 saturated heterocycles. The van der Waals surface area contributed by atoms with Crippen molar-refractivity contribution in [3.63, 3.8) is 0 Å². The number of nitrogens with one attached hydrogen (secondary N) is 1. The molecule has 150 valence electrons. The van der Waals surface area contributed by atoms with E-state index in [0.29, 0.717) is 26.2 Å². The van der Waals surface area contributed by atoms with Crippen molar-refractivity contribution in [3.05, 3.63) is 24.2 Å². The quantitative estimate of drug-likeness (QED) is 0.862. The first-order valence-corrected chi connectivity index (χ1v) is 9.47. The molecule has 2 unspecified atom stereocenters. The van der Waals surface area contributed by atoms with Crippen molar-refractivity contribution in [3.8, 4) is 0 Å². The fourth-order valence-corrected chi connectivity index (χ4v) is 3.43. The lowest BCUT2D eigenvalue weighted by Crippen LogP contribution is -2.58. The van der Waals surface area contributed by atoms with Crippen LogP contribution in [0, 0.1) is 0 Å². The fourth-order valence-electron chi connectivity index (χ4n) is 3.43. The van der Waals surface area contributed by atoms with Crippen molar-refractivity contribution in [2.75, 3.05) is 46.8 Å². The van der Waals surface area contributed by atoms with Crippen molar-refractivity contribution in [2.45, 2.75) is 38.5 Å². The van der Waals surface area contributed by atoms with Gasteiger partial charge in [0.1, 0.15) is 11.4 Å². The summed E-state index contributed by atoms with van der Waals surface area (Å²) in [6, 6.07) is 4.23. The Kier molecular flexibility index (Phi) is 5.64. The maximum Gasteiger partial charge on any atom is 0.410 e. The van der Waals surface area contributed by atoms with Gasteiger partial charge in [0.15, 0.2) is 5.96 Å². The monoisotopic (exact) mass is 377 g/mol. The number of rotatable bonds is 4. The Morgan fingerprint density at radius 3 is 2.85 bits per heavy atom. The summed E-state index contributed by atoms with van der Waals surface area (Å²) < 4.78 is 11.1. The number of furan rings is 1. The molecule has 1 amide bonds. The number of hydrogen-bond acceptors (Lipinski definition) is 7. The van der Waals surface area contributed by atoms with E-state index >= 15 is 0 Å². The van der Waals surface area contributed by atoms with Gasteiger partial charge in [-0.25, -0.2) is 4.79 Å². The highest BCUT2D eigenvalue weighted by molar-refractivity contribution is 5.82. The Balaban J connectivity index is 1.54. The third kappa shape index (κ3) is 4.74. The molecule has 0 aromatic carbocycles. The van der Waals surface area contributed by atoms with Crippen LogP contribution in [-0.2, 0) is 4.74 Å². The standard InChI is InChI=1S/C19H31N5O3/c1-19(2,3)27-18(25)23-8-9-24-14(13-23)11-20-17(24)21-12-15(22(4)5)16-7-6-10-26-16/h6-7,10,14-15H,8-9,11-13H2,1-5H3,(H,20,21). The highest BCUT2D eigenvalue weighted by Gasteiger charge is 2.36. The summed E-state index contributed by atoms with van der Waals surface area (Å²) in [5.74, 6) is 1.83. The van der Waals surface area contributed by atoms with E-state index < -0.39 is 5.60 Å².